The number of aromatic nitrogens is 3. The van der Waals surface area contributed by atoms with Crippen LogP contribution >= 0.6 is 11.6 Å². The first-order valence-corrected chi connectivity index (χ1v) is 7.70. The van der Waals surface area contributed by atoms with E-state index in [-0.39, 0.29) is 5.88 Å². The fourth-order valence-electron chi connectivity index (χ4n) is 2.37. The summed E-state index contributed by atoms with van der Waals surface area (Å²) in [6, 6.07) is 12.7. The van der Waals surface area contributed by atoms with Crippen LogP contribution in [0.1, 0.15) is 17.0 Å². The van der Waals surface area contributed by atoms with Gasteiger partial charge in [0.1, 0.15) is 12.2 Å². The van der Waals surface area contributed by atoms with Crippen LogP contribution in [0.5, 0.6) is 0 Å². The molecule has 124 valence electrons. The summed E-state index contributed by atoms with van der Waals surface area (Å²) in [6.07, 6.45) is -2.71. The lowest BCUT2D eigenvalue weighted by Gasteiger charge is -2.09. The maximum Gasteiger partial charge on any atom is 0.416 e. The zero-order chi connectivity index (χ0) is 17.2. The average Bonchev–Trinajstić information content (AvgIpc) is 3.02. The highest BCUT2D eigenvalue weighted by Gasteiger charge is 2.29. The number of hydrogen-bond acceptors (Lipinski definition) is 2. The fraction of sp³-hybridized carbons (Fsp3) is 0.176. The first-order chi connectivity index (χ1) is 11.5. The summed E-state index contributed by atoms with van der Waals surface area (Å²) in [5, 5.41) is 7.73. The van der Waals surface area contributed by atoms with Crippen LogP contribution in [0.2, 0.25) is 0 Å². The van der Waals surface area contributed by atoms with Crippen molar-refractivity contribution in [3.05, 3.63) is 71.8 Å². The molecule has 1 aromatic heterocycles. The van der Waals surface area contributed by atoms with Crippen LogP contribution in [0.15, 0.2) is 54.9 Å². The minimum absolute atomic E-state index is 0.281. The highest BCUT2D eigenvalue weighted by Crippen LogP contribution is 2.31. The van der Waals surface area contributed by atoms with E-state index in [9.17, 15) is 13.2 Å². The molecule has 0 fully saturated rings. The van der Waals surface area contributed by atoms with Gasteiger partial charge in [-0.25, -0.2) is 0 Å². The minimum atomic E-state index is -4.32. The molecular weight excluding hydrogens is 339 g/mol. The normalized spacial score (nSPS) is 11.7. The van der Waals surface area contributed by atoms with Gasteiger partial charge in [0, 0.05) is 0 Å². The topological polar surface area (TPSA) is 30.7 Å². The largest absolute Gasteiger partial charge is 0.416 e. The summed E-state index contributed by atoms with van der Waals surface area (Å²) in [5.74, 6) is 0.965. The van der Waals surface area contributed by atoms with E-state index in [0.717, 1.165) is 28.8 Å². The molecule has 1 heterocycles. The van der Waals surface area contributed by atoms with Crippen LogP contribution in [0.3, 0.4) is 0 Å². The molecule has 0 aliphatic rings. The van der Waals surface area contributed by atoms with Crippen molar-refractivity contribution in [2.75, 3.05) is 0 Å². The summed E-state index contributed by atoms with van der Waals surface area (Å²) in [6.45, 7) is 0.586. The molecule has 7 heteroatoms. The maximum atomic E-state index is 12.6. The molecule has 0 spiro atoms. The Balaban J connectivity index is 1.77. The molecule has 0 saturated carbocycles. The summed E-state index contributed by atoms with van der Waals surface area (Å²) < 4.78 is 39.6. The van der Waals surface area contributed by atoms with E-state index in [2.05, 4.69) is 10.2 Å². The number of hydrogen-bond donors (Lipinski definition) is 0. The van der Waals surface area contributed by atoms with Gasteiger partial charge in [-0.1, -0.05) is 36.4 Å². The smallest absolute Gasteiger partial charge is 0.312 e. The number of halogens is 4. The van der Waals surface area contributed by atoms with Crippen LogP contribution in [0, 0.1) is 0 Å². The summed E-state index contributed by atoms with van der Waals surface area (Å²) in [7, 11) is 0. The summed E-state index contributed by atoms with van der Waals surface area (Å²) in [4.78, 5) is 0. The molecule has 0 N–H and O–H groups in total. The van der Waals surface area contributed by atoms with Gasteiger partial charge in [0.05, 0.1) is 18.0 Å². The monoisotopic (exact) mass is 351 g/mol. The van der Waals surface area contributed by atoms with Crippen molar-refractivity contribution in [3.63, 3.8) is 0 Å². The van der Waals surface area contributed by atoms with Crippen molar-refractivity contribution in [1.29, 1.82) is 0 Å². The predicted octanol–water partition coefficient (Wildman–Crippen LogP) is 4.75. The first kappa shape index (κ1) is 16.5. The molecule has 0 amide bonds. The van der Waals surface area contributed by atoms with E-state index in [1.165, 1.54) is 12.1 Å². The number of benzene rings is 2. The van der Waals surface area contributed by atoms with Crippen LogP contribution < -0.4 is 0 Å². The van der Waals surface area contributed by atoms with Crippen molar-refractivity contribution in [3.8, 4) is 11.1 Å². The SMILES string of the molecule is FC(F)(F)c1ccc(-c2ccc(Cn3cnnc3CCl)cc2)cc1. The molecule has 0 bridgehead atoms. The molecule has 2 aromatic carbocycles. The zero-order valence-corrected chi connectivity index (χ0v) is 13.2. The van der Waals surface area contributed by atoms with E-state index >= 15 is 0 Å². The average molecular weight is 352 g/mol. The van der Waals surface area contributed by atoms with Crippen molar-refractivity contribution in [2.24, 2.45) is 0 Å². The number of alkyl halides is 4. The first-order valence-electron chi connectivity index (χ1n) is 7.16. The molecule has 0 aliphatic heterocycles. The highest BCUT2D eigenvalue weighted by atomic mass is 35.5. The third-order valence-corrected chi connectivity index (χ3v) is 3.91. The van der Waals surface area contributed by atoms with Crippen molar-refractivity contribution >= 4 is 11.6 Å². The molecular formula is C17H13ClF3N3. The van der Waals surface area contributed by atoms with Crippen LogP contribution in [-0.4, -0.2) is 14.8 Å². The Hall–Kier alpha value is -2.34. The maximum absolute atomic E-state index is 12.6. The van der Waals surface area contributed by atoms with Gasteiger partial charge in [0.15, 0.2) is 0 Å². The van der Waals surface area contributed by atoms with Gasteiger partial charge >= 0.3 is 6.18 Å². The Bertz CT molecular complexity index is 808. The standard InChI is InChI=1S/C17H13ClF3N3/c18-9-16-23-22-11-24(16)10-12-1-3-13(4-2-12)14-5-7-15(8-6-14)17(19,20)21/h1-8,11H,9-10H2. The lowest BCUT2D eigenvalue weighted by Crippen LogP contribution is -2.04. The Morgan fingerprint density at radius 3 is 2.04 bits per heavy atom. The van der Waals surface area contributed by atoms with Crippen LogP contribution in [0.4, 0.5) is 13.2 Å². The van der Waals surface area contributed by atoms with Crippen molar-refractivity contribution < 1.29 is 13.2 Å². The van der Waals surface area contributed by atoms with E-state index < -0.39 is 11.7 Å². The van der Waals surface area contributed by atoms with Crippen molar-refractivity contribution in [2.45, 2.75) is 18.6 Å². The molecule has 0 radical (unpaired) electrons. The number of rotatable bonds is 4. The lowest BCUT2D eigenvalue weighted by molar-refractivity contribution is -0.137. The molecule has 0 unspecified atom stereocenters. The van der Waals surface area contributed by atoms with E-state index in [1.807, 2.05) is 28.8 Å². The predicted molar refractivity (Wildman–Crippen MR) is 85.6 cm³/mol. The Morgan fingerprint density at radius 2 is 1.50 bits per heavy atom. The third-order valence-electron chi connectivity index (χ3n) is 3.67. The van der Waals surface area contributed by atoms with E-state index in [1.54, 1.807) is 6.33 Å². The molecule has 3 aromatic rings. The van der Waals surface area contributed by atoms with Crippen LogP contribution in [0.25, 0.3) is 11.1 Å². The molecule has 24 heavy (non-hydrogen) atoms. The zero-order valence-electron chi connectivity index (χ0n) is 12.5. The second kappa shape index (κ2) is 6.65. The Morgan fingerprint density at radius 1 is 0.917 bits per heavy atom. The Labute approximate surface area is 141 Å². The van der Waals surface area contributed by atoms with Gasteiger partial charge in [-0.3, -0.25) is 0 Å². The van der Waals surface area contributed by atoms with E-state index in [4.69, 9.17) is 11.6 Å². The summed E-state index contributed by atoms with van der Waals surface area (Å²) in [5.41, 5.74) is 1.97. The van der Waals surface area contributed by atoms with Gasteiger partial charge in [-0.2, -0.15) is 13.2 Å². The molecule has 3 nitrogen and oxygen atoms in total. The van der Waals surface area contributed by atoms with Gasteiger partial charge in [-0.05, 0) is 28.8 Å². The fourth-order valence-corrected chi connectivity index (χ4v) is 2.57. The van der Waals surface area contributed by atoms with Gasteiger partial charge < -0.3 is 4.57 Å². The lowest BCUT2D eigenvalue weighted by atomic mass is 10.0. The van der Waals surface area contributed by atoms with Crippen LogP contribution in [-0.2, 0) is 18.6 Å². The molecule has 3 rings (SSSR count). The minimum Gasteiger partial charge on any atom is -0.312 e. The quantitative estimate of drug-likeness (QED) is 0.635. The molecule has 0 aliphatic carbocycles. The number of nitrogens with zero attached hydrogens (tertiary/aromatic N) is 3. The Kier molecular flexibility index (Phi) is 4.57. The van der Waals surface area contributed by atoms with E-state index in [0.29, 0.717) is 12.4 Å². The molecule has 0 saturated heterocycles. The van der Waals surface area contributed by atoms with Gasteiger partial charge in [0.25, 0.3) is 0 Å². The van der Waals surface area contributed by atoms with Crippen molar-refractivity contribution in [1.82, 2.24) is 14.8 Å². The second-order valence-electron chi connectivity index (χ2n) is 5.28. The second-order valence-corrected chi connectivity index (χ2v) is 5.55. The van der Waals surface area contributed by atoms with Gasteiger partial charge in [-0.15, -0.1) is 21.8 Å². The molecule has 0 atom stereocenters. The van der Waals surface area contributed by atoms with Gasteiger partial charge in [0.2, 0.25) is 0 Å². The summed E-state index contributed by atoms with van der Waals surface area (Å²) >= 11 is 5.79. The third kappa shape index (κ3) is 3.59. The highest BCUT2D eigenvalue weighted by molar-refractivity contribution is 6.16.